The van der Waals surface area contributed by atoms with Crippen LogP contribution in [0.15, 0.2) is 29.4 Å². The lowest BCUT2D eigenvalue weighted by molar-refractivity contribution is -0.133. The lowest BCUT2D eigenvalue weighted by Crippen LogP contribution is -2.00. The molecule has 0 unspecified atom stereocenters. The normalized spacial score (nSPS) is 10.1. The zero-order valence-corrected chi connectivity index (χ0v) is 10.9. The van der Waals surface area contributed by atoms with Crippen LogP contribution in [-0.2, 0) is 11.8 Å². The molecule has 0 aliphatic heterocycles. The van der Waals surface area contributed by atoms with Gasteiger partial charge in [-0.15, -0.1) is 0 Å². The topological polar surface area (TPSA) is 91.8 Å². The van der Waals surface area contributed by atoms with E-state index < -0.39 is 5.97 Å². The number of carboxylic acids is 1. The third-order valence-electron chi connectivity index (χ3n) is 2.30. The summed E-state index contributed by atoms with van der Waals surface area (Å²) in [5.41, 5.74) is 1.27. The second kappa shape index (κ2) is 5.54. The highest BCUT2D eigenvalue weighted by atomic mass is 32.2. The zero-order chi connectivity index (χ0) is 13.8. The van der Waals surface area contributed by atoms with E-state index in [4.69, 9.17) is 10.4 Å². The number of thioether (sulfide) groups is 1. The lowest BCUT2D eigenvalue weighted by Gasteiger charge is -1.94. The van der Waals surface area contributed by atoms with Gasteiger partial charge in [0.1, 0.15) is 0 Å². The smallest absolute Gasteiger partial charge is 0.313 e. The number of aryl methyl sites for hydroxylation is 1. The zero-order valence-electron chi connectivity index (χ0n) is 10.1. The number of carboxylic acid groups (broad SMARTS) is 1. The lowest BCUT2D eigenvalue weighted by atomic mass is 10.1. The van der Waals surface area contributed by atoms with Gasteiger partial charge in [0.05, 0.1) is 17.4 Å². The summed E-state index contributed by atoms with van der Waals surface area (Å²) < 4.78 is 1.53. The van der Waals surface area contributed by atoms with Crippen molar-refractivity contribution >= 4 is 17.7 Å². The standard InChI is InChI=1S/C12H10N4O2S/c1-16-12(19-7-10(17)18)14-11(15-16)9-4-2-3-8(5-9)6-13/h2-5H,7H2,1H3,(H,17,18). The van der Waals surface area contributed by atoms with Crippen molar-refractivity contribution in [1.29, 1.82) is 5.26 Å². The molecule has 96 valence electrons. The summed E-state index contributed by atoms with van der Waals surface area (Å²) in [7, 11) is 1.70. The van der Waals surface area contributed by atoms with Crippen LogP contribution in [0.25, 0.3) is 11.4 Å². The second-order valence-electron chi connectivity index (χ2n) is 3.72. The van der Waals surface area contributed by atoms with Crippen molar-refractivity contribution in [1.82, 2.24) is 14.8 Å². The van der Waals surface area contributed by atoms with Gasteiger partial charge >= 0.3 is 5.97 Å². The van der Waals surface area contributed by atoms with Gasteiger partial charge in [0.15, 0.2) is 11.0 Å². The molecule has 0 saturated carbocycles. The number of rotatable bonds is 4. The van der Waals surface area contributed by atoms with Crippen LogP contribution < -0.4 is 0 Å². The minimum absolute atomic E-state index is 0.0653. The largest absolute Gasteiger partial charge is 0.481 e. The molecule has 1 aromatic carbocycles. The predicted octanol–water partition coefficient (Wildman–Crippen LogP) is 1.53. The molecule has 1 N–H and O–H groups in total. The second-order valence-corrected chi connectivity index (χ2v) is 4.66. The molecular weight excluding hydrogens is 264 g/mol. The highest BCUT2D eigenvalue weighted by Gasteiger charge is 2.11. The fourth-order valence-corrected chi connectivity index (χ4v) is 2.10. The average molecular weight is 274 g/mol. The number of hydrogen-bond donors (Lipinski definition) is 1. The Labute approximate surface area is 113 Å². The summed E-state index contributed by atoms with van der Waals surface area (Å²) in [4.78, 5) is 14.8. The Morgan fingerprint density at radius 1 is 1.58 bits per heavy atom. The summed E-state index contributed by atoms with van der Waals surface area (Å²) >= 11 is 1.11. The summed E-state index contributed by atoms with van der Waals surface area (Å²) in [5.74, 6) is -0.488. The Hall–Kier alpha value is -2.33. The van der Waals surface area contributed by atoms with E-state index in [-0.39, 0.29) is 5.75 Å². The molecule has 0 saturated heterocycles. The van der Waals surface area contributed by atoms with Crippen LogP contribution in [0.4, 0.5) is 0 Å². The fraction of sp³-hybridized carbons (Fsp3) is 0.167. The Morgan fingerprint density at radius 3 is 3.05 bits per heavy atom. The van der Waals surface area contributed by atoms with Crippen molar-refractivity contribution in [2.45, 2.75) is 5.16 Å². The van der Waals surface area contributed by atoms with Crippen LogP contribution >= 0.6 is 11.8 Å². The Kier molecular flexibility index (Phi) is 3.82. The van der Waals surface area contributed by atoms with E-state index in [1.54, 1.807) is 25.2 Å². The van der Waals surface area contributed by atoms with Crippen LogP contribution in [0.3, 0.4) is 0 Å². The third kappa shape index (κ3) is 3.11. The van der Waals surface area contributed by atoms with Gasteiger partial charge in [-0.25, -0.2) is 9.67 Å². The maximum absolute atomic E-state index is 10.5. The van der Waals surface area contributed by atoms with Crippen molar-refractivity contribution in [2.75, 3.05) is 5.75 Å². The third-order valence-corrected chi connectivity index (χ3v) is 3.30. The molecule has 0 radical (unpaired) electrons. The van der Waals surface area contributed by atoms with Gasteiger partial charge in [-0.3, -0.25) is 4.79 Å². The number of aromatic nitrogens is 3. The van der Waals surface area contributed by atoms with E-state index in [1.807, 2.05) is 6.07 Å². The molecule has 19 heavy (non-hydrogen) atoms. The molecule has 0 amide bonds. The minimum atomic E-state index is -0.902. The van der Waals surface area contributed by atoms with Crippen molar-refractivity contribution in [3.05, 3.63) is 29.8 Å². The van der Waals surface area contributed by atoms with Crippen molar-refractivity contribution in [3.63, 3.8) is 0 Å². The van der Waals surface area contributed by atoms with Gasteiger partial charge in [0.2, 0.25) is 0 Å². The van der Waals surface area contributed by atoms with Gasteiger partial charge in [0.25, 0.3) is 0 Å². The van der Waals surface area contributed by atoms with Crippen LogP contribution in [-0.4, -0.2) is 31.6 Å². The molecule has 0 atom stereocenters. The molecule has 0 aliphatic carbocycles. The minimum Gasteiger partial charge on any atom is -0.481 e. The highest BCUT2D eigenvalue weighted by molar-refractivity contribution is 7.99. The van der Waals surface area contributed by atoms with Crippen LogP contribution in [0.1, 0.15) is 5.56 Å². The highest BCUT2D eigenvalue weighted by Crippen LogP contribution is 2.21. The molecule has 1 aromatic heterocycles. The Bertz CT molecular complexity index is 660. The van der Waals surface area contributed by atoms with Gasteiger partial charge < -0.3 is 5.11 Å². The van der Waals surface area contributed by atoms with Crippen molar-refractivity contribution in [3.8, 4) is 17.5 Å². The Morgan fingerprint density at radius 2 is 2.37 bits per heavy atom. The van der Waals surface area contributed by atoms with Gasteiger partial charge in [0, 0.05) is 12.6 Å². The number of nitrogens with zero attached hydrogens (tertiary/aromatic N) is 4. The van der Waals surface area contributed by atoms with Gasteiger partial charge in [-0.1, -0.05) is 23.9 Å². The molecule has 0 bridgehead atoms. The molecular formula is C12H10N4O2S. The molecule has 6 nitrogen and oxygen atoms in total. The first-order chi connectivity index (χ1) is 9.10. The number of aliphatic carboxylic acids is 1. The van der Waals surface area contributed by atoms with E-state index in [0.717, 1.165) is 17.3 Å². The molecule has 0 spiro atoms. The molecule has 1 heterocycles. The van der Waals surface area contributed by atoms with E-state index in [0.29, 0.717) is 16.5 Å². The van der Waals surface area contributed by atoms with E-state index >= 15 is 0 Å². The summed E-state index contributed by atoms with van der Waals surface area (Å²) in [6, 6.07) is 9.02. The van der Waals surface area contributed by atoms with Crippen molar-refractivity contribution < 1.29 is 9.90 Å². The first kappa shape index (κ1) is 13.1. The van der Waals surface area contributed by atoms with Gasteiger partial charge in [-0.2, -0.15) is 10.4 Å². The maximum atomic E-state index is 10.5. The van der Waals surface area contributed by atoms with Crippen LogP contribution in [0.2, 0.25) is 0 Å². The number of carbonyl (C=O) groups is 1. The van der Waals surface area contributed by atoms with Gasteiger partial charge in [-0.05, 0) is 12.1 Å². The van der Waals surface area contributed by atoms with E-state index in [2.05, 4.69) is 16.2 Å². The SMILES string of the molecule is Cn1nc(-c2cccc(C#N)c2)nc1SCC(=O)O. The first-order valence-electron chi connectivity index (χ1n) is 5.36. The van der Waals surface area contributed by atoms with Crippen LogP contribution in [0, 0.1) is 11.3 Å². The number of benzene rings is 1. The first-order valence-corrected chi connectivity index (χ1v) is 6.35. The van der Waals surface area contributed by atoms with E-state index in [9.17, 15) is 4.79 Å². The van der Waals surface area contributed by atoms with E-state index in [1.165, 1.54) is 4.68 Å². The van der Waals surface area contributed by atoms with Crippen LogP contribution in [0.5, 0.6) is 0 Å². The molecule has 7 heteroatoms. The average Bonchev–Trinajstić information content (AvgIpc) is 2.78. The monoisotopic (exact) mass is 274 g/mol. The summed E-state index contributed by atoms with van der Waals surface area (Å²) in [5, 5.41) is 22.2. The maximum Gasteiger partial charge on any atom is 0.313 e. The number of hydrogen-bond acceptors (Lipinski definition) is 5. The molecule has 2 rings (SSSR count). The number of nitriles is 1. The molecule has 0 aliphatic rings. The molecule has 0 fully saturated rings. The summed E-state index contributed by atoms with van der Waals surface area (Å²) in [6.07, 6.45) is 0. The Balaban J connectivity index is 2.28. The predicted molar refractivity (Wildman–Crippen MR) is 69.5 cm³/mol. The summed E-state index contributed by atoms with van der Waals surface area (Å²) in [6.45, 7) is 0. The fourth-order valence-electron chi connectivity index (χ4n) is 1.47. The van der Waals surface area contributed by atoms with Crippen molar-refractivity contribution in [2.24, 2.45) is 7.05 Å². The quantitative estimate of drug-likeness (QED) is 0.850. The molecule has 2 aromatic rings.